The van der Waals surface area contributed by atoms with E-state index in [1.165, 1.54) is 0 Å². The minimum Gasteiger partial charge on any atom is -0.394 e. The topological polar surface area (TPSA) is 93.4 Å². The second-order valence-electron chi connectivity index (χ2n) is 6.46. The zero-order valence-electron chi connectivity index (χ0n) is 14.1. The Kier molecular flexibility index (Phi) is 4.22. The smallest absolute Gasteiger partial charge is 0.249 e. The molecule has 0 spiro atoms. The van der Waals surface area contributed by atoms with E-state index in [-0.39, 0.29) is 31.2 Å². The lowest BCUT2D eigenvalue weighted by Gasteiger charge is -2.41. The Bertz CT molecular complexity index is 759. The van der Waals surface area contributed by atoms with Crippen molar-refractivity contribution in [2.24, 2.45) is 0 Å². The van der Waals surface area contributed by atoms with Crippen LogP contribution in [0.15, 0.2) is 24.5 Å². The summed E-state index contributed by atoms with van der Waals surface area (Å²) >= 11 is 0. The highest BCUT2D eigenvalue weighted by molar-refractivity contribution is 5.79. The van der Waals surface area contributed by atoms with Crippen LogP contribution < -0.4 is 0 Å². The minimum absolute atomic E-state index is 0.00227. The number of morpholine rings is 1. The highest BCUT2D eigenvalue weighted by atomic mass is 16.5. The van der Waals surface area contributed by atoms with Crippen molar-refractivity contribution < 1.29 is 14.6 Å². The average Bonchev–Trinajstić information content (AvgIpc) is 3.39. The Hall–Kier alpha value is -2.32. The molecule has 1 aliphatic carbocycles. The fourth-order valence-corrected chi connectivity index (χ4v) is 3.45. The summed E-state index contributed by atoms with van der Waals surface area (Å²) in [5, 5.41) is 13.7. The highest BCUT2D eigenvalue weighted by Gasteiger charge is 2.47. The van der Waals surface area contributed by atoms with Gasteiger partial charge in [-0.3, -0.25) is 9.78 Å². The van der Waals surface area contributed by atoms with Gasteiger partial charge in [0.05, 0.1) is 19.2 Å². The van der Waals surface area contributed by atoms with Gasteiger partial charge in [-0.25, -0.2) is 9.67 Å². The molecule has 0 radical (unpaired) electrons. The molecular formula is C17H21N5O3. The van der Waals surface area contributed by atoms with Crippen LogP contribution in [0.25, 0.3) is 0 Å². The van der Waals surface area contributed by atoms with Crippen molar-refractivity contribution in [3.63, 3.8) is 0 Å². The lowest BCUT2D eigenvalue weighted by Crippen LogP contribution is -2.47. The van der Waals surface area contributed by atoms with E-state index in [0.29, 0.717) is 18.2 Å². The fourth-order valence-electron chi connectivity index (χ4n) is 3.45. The van der Waals surface area contributed by atoms with E-state index < -0.39 is 6.10 Å². The van der Waals surface area contributed by atoms with Crippen molar-refractivity contribution in [1.82, 2.24) is 24.6 Å². The first-order chi connectivity index (χ1) is 12.2. The molecule has 0 unspecified atom stereocenters. The zero-order chi connectivity index (χ0) is 17.4. The summed E-state index contributed by atoms with van der Waals surface area (Å²) < 4.78 is 7.60. The predicted molar refractivity (Wildman–Crippen MR) is 87.4 cm³/mol. The molecule has 8 heteroatoms. The maximum Gasteiger partial charge on any atom is 0.249 e. The highest BCUT2D eigenvalue weighted by Crippen LogP contribution is 2.44. The van der Waals surface area contributed by atoms with Crippen LogP contribution in [0.3, 0.4) is 0 Å². The maximum atomic E-state index is 12.5. The zero-order valence-corrected chi connectivity index (χ0v) is 14.1. The molecule has 4 rings (SSSR count). The second-order valence-corrected chi connectivity index (χ2v) is 6.46. The maximum absolute atomic E-state index is 12.5. The van der Waals surface area contributed by atoms with Gasteiger partial charge in [-0.05, 0) is 31.4 Å². The van der Waals surface area contributed by atoms with Gasteiger partial charge in [-0.1, -0.05) is 6.07 Å². The number of pyridine rings is 1. The predicted octanol–water partition coefficient (Wildman–Crippen LogP) is 0.777. The lowest BCUT2D eigenvalue weighted by molar-refractivity contribution is -0.160. The molecule has 2 aliphatic rings. The summed E-state index contributed by atoms with van der Waals surface area (Å²) in [6, 6.07) is 3.78. The van der Waals surface area contributed by atoms with Crippen LogP contribution in [0.4, 0.5) is 0 Å². The number of rotatable bonds is 5. The summed E-state index contributed by atoms with van der Waals surface area (Å²) in [4.78, 5) is 23.2. The van der Waals surface area contributed by atoms with E-state index in [1.54, 1.807) is 17.1 Å². The third kappa shape index (κ3) is 3.03. The number of carbonyl (C=O) groups is 1. The number of ether oxygens (including phenoxy) is 1. The Balaban J connectivity index is 1.78. The van der Waals surface area contributed by atoms with Crippen molar-refractivity contribution >= 4 is 5.91 Å². The lowest BCUT2D eigenvalue weighted by atomic mass is 9.98. The van der Waals surface area contributed by atoms with Crippen LogP contribution in [0, 0.1) is 6.92 Å². The van der Waals surface area contributed by atoms with E-state index in [2.05, 4.69) is 15.1 Å². The van der Waals surface area contributed by atoms with Gasteiger partial charge in [-0.15, -0.1) is 0 Å². The first-order valence-electron chi connectivity index (χ1n) is 8.54. The Morgan fingerprint density at radius 1 is 1.40 bits per heavy atom. The molecule has 132 valence electrons. The Morgan fingerprint density at radius 3 is 2.92 bits per heavy atom. The van der Waals surface area contributed by atoms with Gasteiger partial charge < -0.3 is 14.7 Å². The van der Waals surface area contributed by atoms with Crippen LogP contribution in [-0.4, -0.2) is 54.9 Å². The molecule has 1 amide bonds. The van der Waals surface area contributed by atoms with Gasteiger partial charge in [0.2, 0.25) is 5.91 Å². The molecule has 2 aromatic rings. The van der Waals surface area contributed by atoms with Crippen molar-refractivity contribution in [3.8, 4) is 0 Å². The summed E-state index contributed by atoms with van der Waals surface area (Å²) in [6.45, 7) is 2.14. The van der Waals surface area contributed by atoms with Crippen molar-refractivity contribution in [2.45, 2.75) is 44.5 Å². The molecule has 25 heavy (non-hydrogen) atoms. The van der Waals surface area contributed by atoms with E-state index in [4.69, 9.17) is 4.74 Å². The molecule has 3 heterocycles. The number of hydrogen-bond acceptors (Lipinski definition) is 6. The molecule has 1 saturated carbocycles. The van der Waals surface area contributed by atoms with Crippen LogP contribution in [-0.2, 0) is 16.1 Å². The summed E-state index contributed by atoms with van der Waals surface area (Å²) in [5.41, 5.74) is 0.920. The molecule has 1 saturated heterocycles. The van der Waals surface area contributed by atoms with E-state index in [1.807, 2.05) is 24.0 Å². The molecule has 0 aromatic carbocycles. The van der Waals surface area contributed by atoms with Gasteiger partial charge in [0.15, 0.2) is 5.82 Å². The number of amides is 1. The number of nitrogens with zero attached hydrogens (tertiary/aromatic N) is 5. The molecule has 0 bridgehead atoms. The number of aryl methyl sites for hydroxylation is 1. The van der Waals surface area contributed by atoms with E-state index in [9.17, 15) is 9.90 Å². The molecule has 8 nitrogen and oxygen atoms in total. The molecule has 1 N–H and O–H groups in total. The number of aliphatic hydroxyl groups is 1. The van der Waals surface area contributed by atoms with Gasteiger partial charge >= 0.3 is 0 Å². The number of aromatic nitrogens is 4. The molecule has 2 atom stereocenters. The number of carbonyl (C=O) groups excluding carboxylic acids is 1. The average molecular weight is 343 g/mol. The number of aliphatic hydroxyl groups excluding tert-OH is 1. The fraction of sp³-hybridized carbons (Fsp3) is 0.529. The van der Waals surface area contributed by atoms with Gasteiger partial charge in [0.25, 0.3) is 0 Å². The Morgan fingerprint density at radius 2 is 2.24 bits per heavy atom. The third-order valence-electron chi connectivity index (χ3n) is 4.60. The van der Waals surface area contributed by atoms with Crippen molar-refractivity contribution in [1.29, 1.82) is 0 Å². The van der Waals surface area contributed by atoms with Crippen LogP contribution in [0.2, 0.25) is 0 Å². The first-order valence-corrected chi connectivity index (χ1v) is 8.54. The quantitative estimate of drug-likeness (QED) is 0.862. The monoisotopic (exact) mass is 343 g/mol. The molecule has 2 fully saturated rings. The van der Waals surface area contributed by atoms with E-state index in [0.717, 1.165) is 18.4 Å². The van der Waals surface area contributed by atoms with Gasteiger partial charge in [0, 0.05) is 18.4 Å². The second kappa shape index (κ2) is 6.53. The molecular weight excluding hydrogens is 322 g/mol. The Labute approximate surface area is 145 Å². The van der Waals surface area contributed by atoms with Crippen LogP contribution in [0.5, 0.6) is 0 Å². The van der Waals surface area contributed by atoms with Crippen LogP contribution in [0.1, 0.15) is 42.2 Å². The first kappa shape index (κ1) is 16.2. The normalized spacial score (nSPS) is 23.9. The van der Waals surface area contributed by atoms with Crippen molar-refractivity contribution in [3.05, 3.63) is 41.7 Å². The van der Waals surface area contributed by atoms with Crippen LogP contribution >= 0.6 is 0 Å². The summed E-state index contributed by atoms with van der Waals surface area (Å²) in [7, 11) is 0. The summed E-state index contributed by atoms with van der Waals surface area (Å²) in [5.74, 6) is 1.25. The largest absolute Gasteiger partial charge is 0.394 e. The van der Waals surface area contributed by atoms with E-state index >= 15 is 0 Å². The van der Waals surface area contributed by atoms with Gasteiger partial charge in [0.1, 0.15) is 18.5 Å². The SMILES string of the molecule is Cc1nc([C@H]2OCC(=O)N(C3CC3)[C@@H]2c2cccnc2)n(CCO)n1. The minimum atomic E-state index is -0.435. The molecule has 1 aliphatic heterocycles. The standard InChI is InChI=1S/C17H21N5O3/c1-11-19-17(21(20-11)7-8-23)16-15(12-3-2-6-18-9-12)22(13-4-5-13)14(24)10-25-16/h2-3,6,9,13,15-16,23H,4-5,7-8,10H2,1H3/t15-,16+/m1/s1. The number of hydrogen-bond donors (Lipinski definition) is 1. The third-order valence-corrected chi connectivity index (χ3v) is 4.60. The van der Waals surface area contributed by atoms with Crippen molar-refractivity contribution in [2.75, 3.05) is 13.2 Å². The summed E-state index contributed by atoms with van der Waals surface area (Å²) in [6.07, 6.45) is 5.07. The molecule has 2 aromatic heterocycles. The van der Waals surface area contributed by atoms with Gasteiger partial charge in [-0.2, -0.15) is 5.10 Å².